The zero-order valence-electron chi connectivity index (χ0n) is 7.89. The van der Waals surface area contributed by atoms with Crippen molar-refractivity contribution in [1.82, 2.24) is 4.98 Å². The van der Waals surface area contributed by atoms with Crippen LogP contribution in [0.1, 0.15) is 16.1 Å². The average molecular weight is 365 g/mol. The summed E-state index contributed by atoms with van der Waals surface area (Å²) in [7, 11) is 0. The van der Waals surface area contributed by atoms with Crippen LogP contribution in [0.2, 0.25) is 0 Å². The van der Waals surface area contributed by atoms with Crippen molar-refractivity contribution < 1.29 is 32.2 Å². The van der Waals surface area contributed by atoms with Crippen molar-refractivity contribution in [2.75, 3.05) is 0 Å². The van der Waals surface area contributed by atoms with E-state index in [1.807, 2.05) is 0 Å². The van der Waals surface area contributed by atoms with Gasteiger partial charge in [-0.3, -0.25) is 0 Å². The molecule has 1 aromatic rings. The van der Waals surface area contributed by atoms with E-state index in [-0.39, 0.29) is 3.57 Å². The van der Waals surface area contributed by atoms with Crippen LogP contribution >= 0.6 is 22.6 Å². The number of alkyl halides is 4. The van der Waals surface area contributed by atoms with E-state index in [1.54, 1.807) is 0 Å². The number of aromatic carboxylic acids is 1. The van der Waals surface area contributed by atoms with Crippen LogP contribution in [0.3, 0.4) is 0 Å². The van der Waals surface area contributed by atoms with E-state index < -0.39 is 36.0 Å². The summed E-state index contributed by atoms with van der Waals surface area (Å²) in [5, 5.41) is 8.64. The Bertz CT molecular complexity index is 449. The smallest absolute Gasteiger partial charge is 0.476 e. The Balaban J connectivity index is 3.39. The van der Waals surface area contributed by atoms with Crippen LogP contribution in [0.25, 0.3) is 0 Å². The van der Waals surface area contributed by atoms with E-state index in [4.69, 9.17) is 5.11 Å². The first-order chi connectivity index (χ1) is 7.76. The van der Waals surface area contributed by atoms with Gasteiger partial charge in [0.2, 0.25) is 0 Å². The number of carboxylic acid groups (broad SMARTS) is 1. The Morgan fingerprint density at radius 3 is 2.53 bits per heavy atom. The molecule has 0 saturated carbocycles. The normalized spacial score (nSPS) is 11.4. The molecule has 9 heteroatoms. The van der Waals surface area contributed by atoms with E-state index in [9.17, 15) is 22.4 Å². The minimum Gasteiger partial charge on any atom is -0.476 e. The predicted octanol–water partition coefficient (Wildman–Crippen LogP) is 2.75. The zero-order chi connectivity index (χ0) is 13.2. The van der Waals surface area contributed by atoms with Crippen LogP contribution in [0.4, 0.5) is 17.6 Å². The first-order valence-electron chi connectivity index (χ1n) is 3.98. The third-order valence-corrected chi connectivity index (χ3v) is 2.57. The van der Waals surface area contributed by atoms with Crippen LogP contribution in [0.5, 0.6) is 5.75 Å². The highest BCUT2D eigenvalue weighted by atomic mass is 127. The zero-order valence-corrected chi connectivity index (χ0v) is 10.0. The molecule has 0 aliphatic carbocycles. The molecule has 0 aliphatic rings. The fraction of sp³-hybridized carbons (Fsp3) is 0.250. The van der Waals surface area contributed by atoms with Crippen LogP contribution < -0.4 is 4.74 Å². The number of nitrogens with zero attached hydrogens (tertiary/aromatic N) is 1. The number of rotatable bonds is 3. The lowest BCUT2D eigenvalue weighted by Gasteiger charge is -2.14. The number of hydrogen-bond acceptors (Lipinski definition) is 3. The molecule has 0 fully saturated rings. The number of aromatic nitrogens is 1. The van der Waals surface area contributed by atoms with Gasteiger partial charge in [0.1, 0.15) is 6.67 Å². The molecule has 0 atom stereocenters. The minimum absolute atomic E-state index is 0.0503. The summed E-state index contributed by atoms with van der Waals surface area (Å²) in [5.41, 5.74) is -1.47. The summed E-state index contributed by atoms with van der Waals surface area (Å²) < 4.78 is 52.3. The molecular formula is C8H4F4INO3. The lowest BCUT2D eigenvalue weighted by atomic mass is 10.2. The summed E-state index contributed by atoms with van der Waals surface area (Å²) >= 11 is 1.53. The van der Waals surface area contributed by atoms with Crippen molar-refractivity contribution in [3.8, 4) is 5.75 Å². The predicted molar refractivity (Wildman–Crippen MR) is 55.4 cm³/mol. The van der Waals surface area contributed by atoms with Gasteiger partial charge in [0.15, 0.2) is 11.4 Å². The van der Waals surface area contributed by atoms with Crippen molar-refractivity contribution in [3.63, 3.8) is 0 Å². The van der Waals surface area contributed by atoms with Gasteiger partial charge < -0.3 is 9.84 Å². The number of carbonyl (C=O) groups is 1. The Hall–Kier alpha value is -1.13. The number of carboxylic acids is 1. The maximum atomic E-state index is 12.6. The van der Waals surface area contributed by atoms with Crippen LogP contribution in [-0.4, -0.2) is 22.4 Å². The highest BCUT2D eigenvalue weighted by Gasteiger charge is 2.35. The van der Waals surface area contributed by atoms with E-state index >= 15 is 0 Å². The highest BCUT2D eigenvalue weighted by Crippen LogP contribution is 2.32. The van der Waals surface area contributed by atoms with Crippen molar-refractivity contribution >= 4 is 28.6 Å². The van der Waals surface area contributed by atoms with Gasteiger partial charge in [-0.05, 0) is 22.6 Å². The summed E-state index contributed by atoms with van der Waals surface area (Å²) in [6, 6.07) is 0. The molecule has 0 bridgehead atoms. The third kappa shape index (κ3) is 3.41. The lowest BCUT2D eigenvalue weighted by molar-refractivity contribution is -0.275. The average Bonchev–Trinajstić information content (AvgIpc) is 2.15. The second-order valence-corrected chi connectivity index (χ2v) is 3.91. The van der Waals surface area contributed by atoms with Crippen molar-refractivity contribution in [2.45, 2.75) is 13.0 Å². The maximum Gasteiger partial charge on any atom is 0.573 e. The molecule has 94 valence electrons. The highest BCUT2D eigenvalue weighted by molar-refractivity contribution is 14.1. The van der Waals surface area contributed by atoms with Gasteiger partial charge >= 0.3 is 12.3 Å². The molecule has 1 heterocycles. The molecule has 1 rings (SSSR count). The van der Waals surface area contributed by atoms with Gasteiger partial charge in [0.05, 0.1) is 0 Å². The molecule has 4 nitrogen and oxygen atoms in total. The fourth-order valence-electron chi connectivity index (χ4n) is 1.01. The second-order valence-electron chi connectivity index (χ2n) is 2.75. The first-order valence-corrected chi connectivity index (χ1v) is 5.06. The molecule has 1 N–H and O–H groups in total. The van der Waals surface area contributed by atoms with Gasteiger partial charge in [-0.2, -0.15) is 0 Å². The minimum atomic E-state index is -5.11. The van der Waals surface area contributed by atoms with Gasteiger partial charge in [0.25, 0.3) is 0 Å². The van der Waals surface area contributed by atoms with E-state index in [2.05, 4.69) is 9.72 Å². The van der Waals surface area contributed by atoms with Crippen LogP contribution in [0.15, 0.2) is 6.20 Å². The largest absolute Gasteiger partial charge is 0.573 e. The molecular weight excluding hydrogens is 361 g/mol. The van der Waals surface area contributed by atoms with Crippen molar-refractivity contribution in [3.05, 3.63) is 21.0 Å². The fourth-order valence-corrected chi connectivity index (χ4v) is 1.54. The molecule has 17 heavy (non-hydrogen) atoms. The Labute approximate surface area is 106 Å². The monoisotopic (exact) mass is 365 g/mol. The van der Waals surface area contributed by atoms with Crippen LogP contribution in [-0.2, 0) is 6.67 Å². The maximum absolute atomic E-state index is 12.6. The van der Waals surface area contributed by atoms with Gasteiger partial charge in [-0.25, -0.2) is 14.2 Å². The third-order valence-electron chi connectivity index (χ3n) is 1.64. The summed E-state index contributed by atoms with van der Waals surface area (Å²) in [6.07, 6.45) is -4.15. The van der Waals surface area contributed by atoms with E-state index in [1.165, 1.54) is 22.6 Å². The second kappa shape index (κ2) is 5.02. The van der Waals surface area contributed by atoms with E-state index in [0.29, 0.717) is 0 Å². The number of hydrogen-bond donors (Lipinski definition) is 1. The summed E-state index contributed by atoms with van der Waals surface area (Å²) in [5.74, 6) is -2.84. The molecule has 0 unspecified atom stereocenters. The Kier molecular flexibility index (Phi) is 4.11. The number of halogens is 5. The molecule has 0 radical (unpaired) electrons. The van der Waals surface area contributed by atoms with Gasteiger partial charge in [-0.15, -0.1) is 13.2 Å². The first kappa shape index (κ1) is 13.9. The van der Waals surface area contributed by atoms with Gasteiger partial charge in [-0.1, -0.05) is 0 Å². The SMILES string of the molecule is O=C(O)c1ncc(I)c(CF)c1OC(F)(F)F. The van der Waals surface area contributed by atoms with Gasteiger partial charge in [0, 0.05) is 15.3 Å². The number of pyridine rings is 1. The molecule has 1 aromatic heterocycles. The standard InChI is InChI=1S/C8H4F4INO3/c9-1-3-4(13)2-14-5(7(15)16)6(3)17-8(10,11)12/h2H,1H2,(H,15,16). The lowest BCUT2D eigenvalue weighted by Crippen LogP contribution is -2.21. The number of ether oxygens (including phenoxy) is 1. The molecule has 0 amide bonds. The van der Waals surface area contributed by atoms with E-state index in [0.717, 1.165) is 6.20 Å². The van der Waals surface area contributed by atoms with Crippen molar-refractivity contribution in [2.24, 2.45) is 0 Å². The molecule has 0 aliphatic heterocycles. The molecule has 0 saturated heterocycles. The summed E-state index contributed by atoms with van der Waals surface area (Å²) in [4.78, 5) is 13.9. The quantitative estimate of drug-likeness (QED) is 0.661. The summed E-state index contributed by atoms with van der Waals surface area (Å²) in [6.45, 7) is -1.29. The molecule has 0 aromatic carbocycles. The van der Waals surface area contributed by atoms with Crippen LogP contribution in [0, 0.1) is 3.57 Å². The Morgan fingerprint density at radius 1 is 1.53 bits per heavy atom. The Morgan fingerprint density at radius 2 is 2.12 bits per heavy atom. The molecule has 0 spiro atoms. The van der Waals surface area contributed by atoms with Crippen molar-refractivity contribution in [1.29, 1.82) is 0 Å². The topological polar surface area (TPSA) is 59.4 Å².